The second kappa shape index (κ2) is 4.91. The van der Waals surface area contributed by atoms with Gasteiger partial charge in [-0.3, -0.25) is 0 Å². The Hall–Kier alpha value is -1.16. The first-order chi connectivity index (χ1) is 6.67. The second-order valence-electron chi connectivity index (χ2n) is 2.72. The van der Waals surface area contributed by atoms with Crippen molar-refractivity contribution in [1.82, 2.24) is 0 Å². The molecule has 0 unspecified atom stereocenters. The number of rotatable bonds is 3. The Labute approximate surface area is 87.6 Å². The summed E-state index contributed by atoms with van der Waals surface area (Å²) in [5, 5.41) is 0. The molecule has 1 aromatic rings. The number of ether oxygens (including phenoxy) is 1. The highest BCUT2D eigenvalue weighted by molar-refractivity contribution is 7.98. The summed E-state index contributed by atoms with van der Waals surface area (Å²) in [6, 6.07) is 5.23. The zero-order valence-electron chi connectivity index (χ0n) is 8.24. The van der Waals surface area contributed by atoms with E-state index in [1.165, 1.54) is 0 Å². The molecule has 0 spiro atoms. The molecule has 0 aliphatic rings. The average Bonchev–Trinajstić information content (AvgIpc) is 2.17. The van der Waals surface area contributed by atoms with Crippen LogP contribution in [0.1, 0.15) is 17.3 Å². The van der Waals surface area contributed by atoms with Crippen molar-refractivity contribution in [2.45, 2.75) is 11.8 Å². The van der Waals surface area contributed by atoms with Gasteiger partial charge in [0.2, 0.25) is 0 Å². The number of benzene rings is 1. The maximum atomic E-state index is 11.4. The van der Waals surface area contributed by atoms with Gasteiger partial charge in [-0.1, -0.05) is 0 Å². The van der Waals surface area contributed by atoms with Crippen LogP contribution >= 0.6 is 11.8 Å². The average molecular weight is 211 g/mol. The monoisotopic (exact) mass is 211 g/mol. The van der Waals surface area contributed by atoms with Gasteiger partial charge in [0.1, 0.15) is 0 Å². The molecule has 1 aromatic carbocycles. The molecule has 0 amide bonds. The van der Waals surface area contributed by atoms with Crippen molar-refractivity contribution in [2.24, 2.45) is 0 Å². The van der Waals surface area contributed by atoms with E-state index >= 15 is 0 Å². The molecule has 0 aliphatic heterocycles. The van der Waals surface area contributed by atoms with Gasteiger partial charge in [0.05, 0.1) is 12.2 Å². The smallest absolute Gasteiger partial charge is 0.338 e. The van der Waals surface area contributed by atoms with Crippen LogP contribution in [-0.2, 0) is 4.74 Å². The maximum absolute atomic E-state index is 11.4. The van der Waals surface area contributed by atoms with Gasteiger partial charge < -0.3 is 10.5 Å². The van der Waals surface area contributed by atoms with Crippen molar-refractivity contribution in [1.29, 1.82) is 0 Å². The Balaban J connectivity index is 2.96. The molecule has 0 heterocycles. The summed E-state index contributed by atoms with van der Waals surface area (Å²) < 4.78 is 4.88. The largest absolute Gasteiger partial charge is 0.462 e. The zero-order valence-corrected chi connectivity index (χ0v) is 9.06. The van der Waals surface area contributed by atoms with E-state index in [1.54, 1.807) is 30.8 Å². The Morgan fingerprint density at radius 3 is 2.79 bits per heavy atom. The summed E-state index contributed by atoms with van der Waals surface area (Å²) in [5.41, 5.74) is 6.74. The van der Waals surface area contributed by atoms with Gasteiger partial charge in [0, 0.05) is 10.6 Å². The minimum Gasteiger partial charge on any atom is -0.462 e. The van der Waals surface area contributed by atoms with Gasteiger partial charge in [-0.25, -0.2) is 4.79 Å². The van der Waals surface area contributed by atoms with Crippen molar-refractivity contribution in [3.05, 3.63) is 23.8 Å². The lowest BCUT2D eigenvalue weighted by Gasteiger charge is -2.04. The van der Waals surface area contributed by atoms with Crippen LogP contribution in [0.3, 0.4) is 0 Å². The molecular weight excluding hydrogens is 198 g/mol. The minimum atomic E-state index is -0.324. The molecule has 0 radical (unpaired) electrons. The summed E-state index contributed by atoms with van der Waals surface area (Å²) in [4.78, 5) is 12.3. The first-order valence-electron chi connectivity index (χ1n) is 4.29. The Morgan fingerprint density at radius 1 is 1.50 bits per heavy atom. The topological polar surface area (TPSA) is 52.3 Å². The molecule has 0 aliphatic carbocycles. The predicted molar refractivity (Wildman–Crippen MR) is 58.6 cm³/mol. The molecule has 2 N–H and O–H groups in total. The number of hydrogen-bond acceptors (Lipinski definition) is 4. The van der Waals surface area contributed by atoms with Crippen LogP contribution in [0.25, 0.3) is 0 Å². The zero-order chi connectivity index (χ0) is 10.6. The normalized spacial score (nSPS) is 9.86. The van der Waals surface area contributed by atoms with Gasteiger partial charge in [-0.05, 0) is 31.4 Å². The number of carbonyl (C=O) groups excluding carboxylic acids is 1. The van der Waals surface area contributed by atoms with Gasteiger partial charge in [0.25, 0.3) is 0 Å². The van der Waals surface area contributed by atoms with Gasteiger partial charge in [-0.15, -0.1) is 11.8 Å². The van der Waals surface area contributed by atoms with Crippen LogP contribution in [-0.4, -0.2) is 18.8 Å². The fourth-order valence-electron chi connectivity index (χ4n) is 1.07. The minimum absolute atomic E-state index is 0.324. The van der Waals surface area contributed by atoms with Crippen LogP contribution in [0.2, 0.25) is 0 Å². The lowest BCUT2D eigenvalue weighted by molar-refractivity contribution is 0.0526. The molecule has 0 atom stereocenters. The first kappa shape index (κ1) is 10.9. The second-order valence-corrected chi connectivity index (χ2v) is 3.59. The first-order valence-corrected chi connectivity index (χ1v) is 5.51. The lowest BCUT2D eigenvalue weighted by atomic mass is 10.2. The number of nitrogens with two attached hydrogens (primary N) is 1. The summed E-state index contributed by atoms with van der Waals surface area (Å²) >= 11 is 1.54. The highest BCUT2D eigenvalue weighted by Gasteiger charge is 2.07. The fraction of sp³-hybridized carbons (Fsp3) is 0.300. The van der Waals surface area contributed by atoms with E-state index in [4.69, 9.17) is 10.5 Å². The van der Waals surface area contributed by atoms with Crippen molar-refractivity contribution in [3.8, 4) is 0 Å². The summed E-state index contributed by atoms with van der Waals surface area (Å²) in [5.74, 6) is -0.324. The Bertz CT molecular complexity index is 339. The van der Waals surface area contributed by atoms with Gasteiger partial charge >= 0.3 is 5.97 Å². The third-order valence-electron chi connectivity index (χ3n) is 1.68. The number of carbonyl (C=O) groups is 1. The molecule has 0 bridgehead atoms. The van der Waals surface area contributed by atoms with Gasteiger partial charge in [-0.2, -0.15) is 0 Å². The molecule has 0 saturated heterocycles. The quantitative estimate of drug-likeness (QED) is 0.473. The molecule has 0 aromatic heterocycles. The van der Waals surface area contributed by atoms with E-state index < -0.39 is 0 Å². The van der Waals surface area contributed by atoms with E-state index in [-0.39, 0.29) is 5.97 Å². The molecule has 0 saturated carbocycles. The van der Waals surface area contributed by atoms with E-state index in [0.29, 0.717) is 17.9 Å². The molecule has 76 valence electrons. The number of esters is 1. The summed E-state index contributed by atoms with van der Waals surface area (Å²) in [7, 11) is 0. The number of hydrogen-bond donors (Lipinski definition) is 1. The number of anilines is 1. The van der Waals surface area contributed by atoms with Crippen molar-refractivity contribution >= 4 is 23.4 Å². The molecular formula is C10H13NO2S. The standard InChI is InChI=1S/C10H13NO2S/c1-3-13-10(12)7-4-8(11)6-9(5-7)14-2/h4-6H,3,11H2,1-2H3. The van der Waals surface area contributed by atoms with Crippen LogP contribution in [0, 0.1) is 0 Å². The van der Waals surface area contributed by atoms with Crippen molar-refractivity contribution in [3.63, 3.8) is 0 Å². The highest BCUT2D eigenvalue weighted by atomic mass is 32.2. The van der Waals surface area contributed by atoms with Crippen molar-refractivity contribution < 1.29 is 9.53 Å². The lowest BCUT2D eigenvalue weighted by Crippen LogP contribution is -2.05. The molecule has 14 heavy (non-hydrogen) atoms. The SMILES string of the molecule is CCOC(=O)c1cc(N)cc(SC)c1. The van der Waals surface area contributed by atoms with Crippen LogP contribution in [0.4, 0.5) is 5.69 Å². The van der Waals surface area contributed by atoms with Crippen LogP contribution in [0.5, 0.6) is 0 Å². The summed E-state index contributed by atoms with van der Waals surface area (Å²) in [6.45, 7) is 2.15. The molecule has 0 fully saturated rings. The molecule has 1 rings (SSSR count). The maximum Gasteiger partial charge on any atom is 0.338 e. The summed E-state index contributed by atoms with van der Waals surface area (Å²) in [6.07, 6.45) is 1.93. The van der Waals surface area contributed by atoms with Crippen molar-refractivity contribution in [2.75, 3.05) is 18.6 Å². The van der Waals surface area contributed by atoms with Gasteiger partial charge in [0.15, 0.2) is 0 Å². The highest BCUT2D eigenvalue weighted by Crippen LogP contribution is 2.20. The van der Waals surface area contributed by atoms with E-state index in [1.807, 2.05) is 12.3 Å². The Morgan fingerprint density at radius 2 is 2.21 bits per heavy atom. The molecule has 4 heteroatoms. The Kier molecular flexibility index (Phi) is 3.83. The molecule has 3 nitrogen and oxygen atoms in total. The third kappa shape index (κ3) is 2.67. The van der Waals surface area contributed by atoms with E-state index in [2.05, 4.69) is 0 Å². The predicted octanol–water partition coefficient (Wildman–Crippen LogP) is 2.17. The number of nitrogen functional groups attached to an aromatic ring is 1. The fourth-order valence-corrected chi connectivity index (χ4v) is 1.57. The van der Waals surface area contributed by atoms with Crippen LogP contribution < -0.4 is 5.73 Å². The number of thioether (sulfide) groups is 1. The van der Waals surface area contributed by atoms with E-state index in [0.717, 1.165) is 4.90 Å². The third-order valence-corrected chi connectivity index (χ3v) is 2.38. The van der Waals surface area contributed by atoms with E-state index in [9.17, 15) is 4.79 Å². The van der Waals surface area contributed by atoms with Crippen LogP contribution in [0.15, 0.2) is 23.1 Å².